The second-order valence-electron chi connectivity index (χ2n) is 6.01. The number of benzene rings is 1. The van der Waals surface area contributed by atoms with Crippen LogP contribution >= 0.6 is 23.1 Å². The van der Waals surface area contributed by atoms with E-state index in [4.69, 9.17) is 0 Å². The van der Waals surface area contributed by atoms with E-state index in [9.17, 15) is 4.79 Å². The molecule has 1 N–H and O–H groups in total. The molecule has 0 saturated heterocycles. The van der Waals surface area contributed by atoms with Gasteiger partial charge in [-0.2, -0.15) is 0 Å². The highest BCUT2D eigenvalue weighted by Crippen LogP contribution is 2.27. The van der Waals surface area contributed by atoms with Crippen LogP contribution in [0.15, 0.2) is 34.7 Å². The summed E-state index contributed by atoms with van der Waals surface area (Å²) in [6.45, 7) is 5.63. The Balaban J connectivity index is 1.74. The van der Waals surface area contributed by atoms with Gasteiger partial charge in [0.15, 0.2) is 4.34 Å². The van der Waals surface area contributed by atoms with Crippen LogP contribution in [0, 0.1) is 5.41 Å². The first-order chi connectivity index (χ1) is 10.4. The van der Waals surface area contributed by atoms with Gasteiger partial charge in [-0.3, -0.25) is 4.79 Å². The van der Waals surface area contributed by atoms with Gasteiger partial charge in [0.2, 0.25) is 11.0 Å². The number of rotatable bonds is 6. The van der Waals surface area contributed by atoms with Crippen molar-refractivity contribution in [3.8, 4) is 0 Å². The third kappa shape index (κ3) is 5.42. The maximum absolute atomic E-state index is 11.9. The van der Waals surface area contributed by atoms with Crippen LogP contribution < -0.4 is 5.32 Å². The largest absolute Gasteiger partial charge is 0.300 e. The molecule has 0 bridgehead atoms. The first kappa shape index (κ1) is 17.0. The Morgan fingerprint density at radius 2 is 1.95 bits per heavy atom. The molecule has 0 aliphatic heterocycles. The Labute approximate surface area is 139 Å². The predicted octanol–water partition coefficient (Wildman–Crippen LogP) is 4.25. The average Bonchev–Trinajstić information content (AvgIpc) is 2.91. The molecule has 0 fully saturated rings. The lowest BCUT2D eigenvalue weighted by Crippen LogP contribution is -2.27. The van der Waals surface area contributed by atoms with Gasteiger partial charge in [-0.05, 0) is 18.4 Å². The monoisotopic (exact) mass is 335 g/mol. The van der Waals surface area contributed by atoms with E-state index < -0.39 is 5.41 Å². The Morgan fingerprint density at radius 1 is 1.23 bits per heavy atom. The fourth-order valence-corrected chi connectivity index (χ4v) is 3.44. The SMILES string of the molecule is CC(C)(C)C(=O)Nc1nnc(SCCCc2ccccc2)s1. The van der Waals surface area contributed by atoms with Gasteiger partial charge in [-0.25, -0.2) is 0 Å². The van der Waals surface area contributed by atoms with Gasteiger partial charge in [-0.15, -0.1) is 10.2 Å². The predicted molar refractivity (Wildman–Crippen MR) is 93.5 cm³/mol. The number of nitrogens with zero attached hydrogens (tertiary/aromatic N) is 2. The number of aryl methyl sites for hydroxylation is 1. The Bertz CT molecular complexity index is 605. The molecule has 4 nitrogen and oxygen atoms in total. The Morgan fingerprint density at radius 3 is 2.64 bits per heavy atom. The summed E-state index contributed by atoms with van der Waals surface area (Å²) >= 11 is 3.12. The van der Waals surface area contributed by atoms with Gasteiger partial charge in [0, 0.05) is 11.2 Å². The third-order valence-corrected chi connectivity index (χ3v) is 5.04. The molecule has 22 heavy (non-hydrogen) atoms. The fraction of sp³-hybridized carbons (Fsp3) is 0.438. The first-order valence-corrected chi connectivity index (χ1v) is 9.07. The van der Waals surface area contributed by atoms with Crippen molar-refractivity contribution in [2.24, 2.45) is 5.41 Å². The minimum Gasteiger partial charge on any atom is -0.300 e. The molecule has 118 valence electrons. The normalized spacial score (nSPS) is 11.4. The summed E-state index contributed by atoms with van der Waals surface area (Å²) < 4.78 is 0.900. The van der Waals surface area contributed by atoms with Crippen LogP contribution in [0.3, 0.4) is 0 Å². The Kier molecular flexibility index (Phi) is 5.97. The van der Waals surface area contributed by atoms with Gasteiger partial charge >= 0.3 is 0 Å². The smallest absolute Gasteiger partial charge is 0.231 e. The molecule has 0 unspecified atom stereocenters. The van der Waals surface area contributed by atoms with E-state index in [1.54, 1.807) is 11.8 Å². The van der Waals surface area contributed by atoms with Crippen LogP contribution in [0.2, 0.25) is 0 Å². The zero-order chi connectivity index (χ0) is 16.0. The molecule has 0 aliphatic carbocycles. The molecule has 1 amide bonds. The quantitative estimate of drug-likeness (QED) is 0.487. The van der Waals surface area contributed by atoms with Gasteiger partial charge in [0.1, 0.15) is 0 Å². The highest BCUT2D eigenvalue weighted by Gasteiger charge is 2.22. The topological polar surface area (TPSA) is 54.9 Å². The molecule has 1 aromatic carbocycles. The molecular weight excluding hydrogens is 314 g/mol. The van der Waals surface area contributed by atoms with E-state index in [2.05, 4.69) is 39.8 Å². The van der Waals surface area contributed by atoms with E-state index in [1.165, 1.54) is 16.9 Å². The van der Waals surface area contributed by atoms with Gasteiger partial charge in [0.05, 0.1) is 0 Å². The van der Waals surface area contributed by atoms with Crippen molar-refractivity contribution in [2.75, 3.05) is 11.1 Å². The number of aromatic nitrogens is 2. The lowest BCUT2D eigenvalue weighted by molar-refractivity contribution is -0.123. The number of carbonyl (C=O) groups excluding carboxylic acids is 1. The van der Waals surface area contributed by atoms with Crippen LogP contribution in [0.25, 0.3) is 0 Å². The van der Waals surface area contributed by atoms with E-state index in [1.807, 2.05) is 26.8 Å². The summed E-state index contributed by atoms with van der Waals surface area (Å²) in [6, 6.07) is 10.5. The minimum absolute atomic E-state index is 0.0377. The van der Waals surface area contributed by atoms with Crippen molar-refractivity contribution < 1.29 is 4.79 Å². The van der Waals surface area contributed by atoms with Crippen LogP contribution in [0.5, 0.6) is 0 Å². The standard InChI is InChI=1S/C16H21N3OS2/c1-16(2,3)13(20)17-14-18-19-15(22-14)21-11-7-10-12-8-5-4-6-9-12/h4-6,8-9H,7,10-11H2,1-3H3,(H,17,18,20). The van der Waals surface area contributed by atoms with Crippen molar-refractivity contribution in [1.29, 1.82) is 0 Å². The number of hydrogen-bond donors (Lipinski definition) is 1. The van der Waals surface area contributed by atoms with Gasteiger partial charge in [0.25, 0.3) is 0 Å². The number of anilines is 1. The van der Waals surface area contributed by atoms with E-state index >= 15 is 0 Å². The lowest BCUT2D eigenvalue weighted by Gasteiger charge is -2.15. The van der Waals surface area contributed by atoms with Crippen LogP contribution in [-0.4, -0.2) is 21.9 Å². The maximum Gasteiger partial charge on any atom is 0.231 e. The molecule has 1 heterocycles. The summed E-state index contributed by atoms with van der Waals surface area (Å²) in [5.74, 6) is 0.959. The van der Waals surface area contributed by atoms with Crippen molar-refractivity contribution in [3.63, 3.8) is 0 Å². The van der Waals surface area contributed by atoms with Crippen LogP contribution in [-0.2, 0) is 11.2 Å². The summed E-state index contributed by atoms with van der Waals surface area (Å²) in [4.78, 5) is 11.9. The van der Waals surface area contributed by atoms with E-state index in [0.29, 0.717) is 5.13 Å². The van der Waals surface area contributed by atoms with Gasteiger partial charge in [-0.1, -0.05) is 74.2 Å². The number of nitrogens with one attached hydrogen (secondary N) is 1. The van der Waals surface area contributed by atoms with Gasteiger partial charge < -0.3 is 5.32 Å². The average molecular weight is 335 g/mol. The molecule has 2 aromatic rings. The summed E-state index contributed by atoms with van der Waals surface area (Å²) in [5, 5.41) is 11.5. The van der Waals surface area contributed by atoms with Crippen LogP contribution in [0.4, 0.5) is 5.13 Å². The third-order valence-electron chi connectivity index (χ3n) is 2.99. The highest BCUT2D eigenvalue weighted by molar-refractivity contribution is 8.01. The fourth-order valence-electron chi connectivity index (χ4n) is 1.68. The molecule has 1 aromatic heterocycles. The first-order valence-electron chi connectivity index (χ1n) is 7.27. The van der Waals surface area contributed by atoms with Crippen molar-refractivity contribution >= 4 is 34.1 Å². The lowest BCUT2D eigenvalue weighted by atomic mass is 9.96. The van der Waals surface area contributed by atoms with E-state index in [0.717, 1.165) is 22.9 Å². The molecule has 0 atom stereocenters. The Hall–Kier alpha value is -1.40. The number of carbonyl (C=O) groups is 1. The number of thioether (sulfide) groups is 1. The molecule has 2 rings (SSSR count). The summed E-state index contributed by atoms with van der Waals surface area (Å²) in [7, 11) is 0. The zero-order valence-electron chi connectivity index (χ0n) is 13.1. The molecular formula is C16H21N3OS2. The van der Waals surface area contributed by atoms with Crippen molar-refractivity contribution in [1.82, 2.24) is 10.2 Å². The second kappa shape index (κ2) is 7.74. The van der Waals surface area contributed by atoms with Crippen molar-refractivity contribution in [3.05, 3.63) is 35.9 Å². The molecule has 0 radical (unpaired) electrons. The zero-order valence-corrected chi connectivity index (χ0v) is 14.8. The minimum atomic E-state index is -0.422. The highest BCUT2D eigenvalue weighted by atomic mass is 32.2. The van der Waals surface area contributed by atoms with Crippen molar-refractivity contribution in [2.45, 2.75) is 38.0 Å². The second-order valence-corrected chi connectivity index (χ2v) is 8.33. The van der Waals surface area contributed by atoms with E-state index in [-0.39, 0.29) is 5.91 Å². The van der Waals surface area contributed by atoms with Crippen LogP contribution in [0.1, 0.15) is 32.8 Å². The summed E-state index contributed by atoms with van der Waals surface area (Å²) in [6.07, 6.45) is 2.16. The molecule has 6 heteroatoms. The maximum atomic E-state index is 11.9. The summed E-state index contributed by atoms with van der Waals surface area (Å²) in [5.41, 5.74) is 0.938. The molecule has 0 aliphatic rings. The number of amides is 1. The molecule has 0 spiro atoms. The molecule has 0 saturated carbocycles. The number of hydrogen-bond acceptors (Lipinski definition) is 5.